The standard InChI is InChI=1S/C24H28N4OS/c1-3-18-11-8-12-19(4-2)22(18)25-21(29)16-30-24-27-26-23(20-13-14-20)28(24)15-17-9-6-5-7-10-17/h5-12,20H,3-4,13-16H2,1-2H3,(H,25,29). The normalized spacial score (nSPS) is 13.4. The number of amides is 1. The minimum Gasteiger partial charge on any atom is -0.325 e. The van der Waals surface area contributed by atoms with E-state index in [1.165, 1.54) is 41.3 Å². The molecule has 1 heterocycles. The Labute approximate surface area is 182 Å². The molecular weight excluding hydrogens is 392 g/mol. The molecule has 2 aromatic carbocycles. The maximum atomic E-state index is 12.8. The van der Waals surface area contributed by atoms with Gasteiger partial charge in [-0.3, -0.25) is 4.79 Å². The fraction of sp³-hybridized carbons (Fsp3) is 0.375. The highest BCUT2D eigenvalue weighted by Gasteiger charge is 2.30. The number of thioether (sulfide) groups is 1. The van der Waals surface area contributed by atoms with Gasteiger partial charge in [-0.15, -0.1) is 10.2 Å². The van der Waals surface area contributed by atoms with Crippen molar-refractivity contribution in [2.24, 2.45) is 0 Å². The minimum absolute atomic E-state index is 0.00201. The molecule has 1 aliphatic rings. The van der Waals surface area contributed by atoms with Crippen LogP contribution in [0.4, 0.5) is 5.69 Å². The van der Waals surface area contributed by atoms with Gasteiger partial charge in [0.15, 0.2) is 5.16 Å². The number of nitrogens with one attached hydrogen (secondary N) is 1. The van der Waals surface area contributed by atoms with Crippen molar-refractivity contribution in [2.75, 3.05) is 11.1 Å². The number of anilines is 1. The molecule has 30 heavy (non-hydrogen) atoms. The highest BCUT2D eigenvalue weighted by molar-refractivity contribution is 7.99. The van der Waals surface area contributed by atoms with Crippen molar-refractivity contribution in [2.45, 2.75) is 57.1 Å². The highest BCUT2D eigenvalue weighted by Crippen LogP contribution is 2.40. The van der Waals surface area contributed by atoms with Crippen LogP contribution in [0.1, 0.15) is 55.1 Å². The number of rotatable bonds is 9. The Morgan fingerprint density at radius 2 is 1.73 bits per heavy atom. The molecule has 1 aliphatic carbocycles. The molecule has 156 valence electrons. The second kappa shape index (κ2) is 9.47. The van der Waals surface area contributed by atoms with Crippen molar-refractivity contribution in [3.8, 4) is 0 Å². The molecule has 4 rings (SSSR count). The summed E-state index contributed by atoms with van der Waals surface area (Å²) in [5.74, 6) is 1.87. The zero-order valence-corrected chi connectivity index (χ0v) is 18.4. The van der Waals surface area contributed by atoms with E-state index in [1.807, 2.05) is 18.2 Å². The molecule has 0 radical (unpaired) electrons. The summed E-state index contributed by atoms with van der Waals surface area (Å²) in [6, 6.07) is 16.6. The van der Waals surface area contributed by atoms with Crippen molar-refractivity contribution in [1.82, 2.24) is 14.8 Å². The van der Waals surface area contributed by atoms with Gasteiger partial charge in [0.05, 0.1) is 12.3 Å². The average molecular weight is 421 g/mol. The fourth-order valence-electron chi connectivity index (χ4n) is 3.67. The number of benzene rings is 2. The average Bonchev–Trinajstić information content (AvgIpc) is 3.54. The summed E-state index contributed by atoms with van der Waals surface area (Å²) in [5, 5.41) is 12.8. The number of carbonyl (C=O) groups excluding carboxylic acids is 1. The van der Waals surface area contributed by atoms with Crippen molar-refractivity contribution in [3.63, 3.8) is 0 Å². The summed E-state index contributed by atoms with van der Waals surface area (Å²) in [6.45, 7) is 4.97. The first kappa shape index (κ1) is 20.7. The fourth-order valence-corrected chi connectivity index (χ4v) is 4.42. The lowest BCUT2D eigenvalue weighted by atomic mass is 10.0. The number of nitrogens with zero attached hydrogens (tertiary/aromatic N) is 3. The van der Waals surface area contributed by atoms with Gasteiger partial charge in [0, 0.05) is 11.6 Å². The van der Waals surface area contributed by atoms with E-state index in [2.05, 4.69) is 64.3 Å². The van der Waals surface area contributed by atoms with Gasteiger partial charge < -0.3 is 9.88 Å². The minimum atomic E-state index is -0.00201. The Morgan fingerprint density at radius 3 is 2.37 bits per heavy atom. The van der Waals surface area contributed by atoms with Gasteiger partial charge in [0.25, 0.3) is 0 Å². The van der Waals surface area contributed by atoms with E-state index in [0.29, 0.717) is 11.7 Å². The molecule has 0 atom stereocenters. The summed E-state index contributed by atoms with van der Waals surface area (Å²) in [4.78, 5) is 12.8. The van der Waals surface area contributed by atoms with E-state index >= 15 is 0 Å². The molecule has 0 unspecified atom stereocenters. The number of para-hydroxylation sites is 1. The summed E-state index contributed by atoms with van der Waals surface area (Å²) in [6.07, 6.45) is 4.14. The van der Waals surface area contributed by atoms with E-state index in [-0.39, 0.29) is 5.91 Å². The van der Waals surface area contributed by atoms with Crippen LogP contribution in [0.3, 0.4) is 0 Å². The molecule has 1 saturated carbocycles. The maximum Gasteiger partial charge on any atom is 0.234 e. The molecule has 0 saturated heterocycles. The van der Waals surface area contributed by atoms with E-state index < -0.39 is 0 Å². The van der Waals surface area contributed by atoms with Crippen LogP contribution < -0.4 is 5.32 Å². The Hall–Kier alpha value is -2.60. The van der Waals surface area contributed by atoms with Gasteiger partial charge in [0.1, 0.15) is 5.82 Å². The van der Waals surface area contributed by atoms with Crippen LogP contribution in [0.15, 0.2) is 53.7 Å². The second-order valence-corrected chi connectivity index (χ2v) is 8.62. The molecule has 1 N–H and O–H groups in total. The molecule has 1 amide bonds. The molecule has 1 fully saturated rings. The summed E-state index contributed by atoms with van der Waals surface area (Å²) in [7, 11) is 0. The quantitative estimate of drug-likeness (QED) is 0.492. The summed E-state index contributed by atoms with van der Waals surface area (Å²) >= 11 is 1.46. The lowest BCUT2D eigenvalue weighted by Gasteiger charge is -2.14. The lowest BCUT2D eigenvalue weighted by Crippen LogP contribution is -2.17. The number of carbonyl (C=O) groups is 1. The lowest BCUT2D eigenvalue weighted by molar-refractivity contribution is -0.113. The van der Waals surface area contributed by atoms with Crippen molar-refractivity contribution < 1.29 is 4.79 Å². The van der Waals surface area contributed by atoms with Crippen molar-refractivity contribution in [3.05, 3.63) is 71.0 Å². The van der Waals surface area contributed by atoms with E-state index in [4.69, 9.17) is 0 Å². The maximum absolute atomic E-state index is 12.8. The van der Waals surface area contributed by atoms with Crippen LogP contribution in [0, 0.1) is 0 Å². The number of hydrogen-bond acceptors (Lipinski definition) is 4. The van der Waals surface area contributed by atoms with Gasteiger partial charge in [0.2, 0.25) is 5.91 Å². The third-order valence-corrected chi connectivity index (χ3v) is 6.43. The zero-order chi connectivity index (χ0) is 20.9. The largest absolute Gasteiger partial charge is 0.325 e. The van der Waals surface area contributed by atoms with Crippen LogP contribution in [0.25, 0.3) is 0 Å². The molecule has 0 aliphatic heterocycles. The predicted molar refractivity (Wildman–Crippen MR) is 122 cm³/mol. The van der Waals surface area contributed by atoms with Crippen molar-refractivity contribution >= 4 is 23.4 Å². The number of aromatic nitrogens is 3. The van der Waals surface area contributed by atoms with Crippen LogP contribution in [-0.2, 0) is 24.2 Å². The van der Waals surface area contributed by atoms with Gasteiger partial charge in [-0.1, -0.05) is 74.1 Å². The first-order chi connectivity index (χ1) is 14.7. The highest BCUT2D eigenvalue weighted by atomic mass is 32.2. The first-order valence-electron chi connectivity index (χ1n) is 10.7. The van der Waals surface area contributed by atoms with Crippen LogP contribution in [0.2, 0.25) is 0 Å². The molecule has 1 aromatic heterocycles. The van der Waals surface area contributed by atoms with Crippen molar-refractivity contribution in [1.29, 1.82) is 0 Å². The summed E-state index contributed by atoms with van der Waals surface area (Å²) in [5.41, 5.74) is 4.54. The van der Waals surface area contributed by atoms with E-state index in [0.717, 1.165) is 36.1 Å². The Bertz CT molecular complexity index is 989. The Balaban J connectivity index is 1.47. The van der Waals surface area contributed by atoms with Gasteiger partial charge in [-0.2, -0.15) is 0 Å². The monoisotopic (exact) mass is 420 g/mol. The van der Waals surface area contributed by atoms with Crippen LogP contribution in [0.5, 0.6) is 0 Å². The van der Waals surface area contributed by atoms with E-state index in [9.17, 15) is 4.79 Å². The third-order valence-electron chi connectivity index (χ3n) is 5.47. The zero-order valence-electron chi connectivity index (χ0n) is 17.6. The first-order valence-corrected chi connectivity index (χ1v) is 11.7. The smallest absolute Gasteiger partial charge is 0.234 e. The molecule has 6 heteroatoms. The molecule has 5 nitrogen and oxygen atoms in total. The van der Waals surface area contributed by atoms with E-state index in [1.54, 1.807) is 0 Å². The molecular formula is C24H28N4OS. The van der Waals surface area contributed by atoms with Crippen LogP contribution in [-0.4, -0.2) is 26.4 Å². The molecule has 0 bridgehead atoms. The van der Waals surface area contributed by atoms with Crippen LogP contribution >= 0.6 is 11.8 Å². The third kappa shape index (κ3) is 4.75. The van der Waals surface area contributed by atoms with Gasteiger partial charge in [-0.05, 0) is 42.4 Å². The van der Waals surface area contributed by atoms with Gasteiger partial charge >= 0.3 is 0 Å². The Kier molecular flexibility index (Phi) is 6.53. The van der Waals surface area contributed by atoms with Gasteiger partial charge in [-0.25, -0.2) is 0 Å². The number of aryl methyl sites for hydroxylation is 2. The number of hydrogen-bond donors (Lipinski definition) is 1. The SMILES string of the molecule is CCc1cccc(CC)c1NC(=O)CSc1nnc(C2CC2)n1Cc1ccccc1. The predicted octanol–water partition coefficient (Wildman–Crippen LogP) is 5.06. The summed E-state index contributed by atoms with van der Waals surface area (Å²) < 4.78 is 2.18. The topological polar surface area (TPSA) is 59.8 Å². The molecule has 3 aromatic rings. The Morgan fingerprint density at radius 1 is 1.03 bits per heavy atom. The molecule has 0 spiro atoms. The second-order valence-electron chi connectivity index (χ2n) is 7.68.